The monoisotopic (exact) mass is 391 g/mol. The van der Waals surface area contributed by atoms with E-state index in [1.165, 1.54) is 4.90 Å². The molecule has 2 aliphatic heterocycles. The highest BCUT2D eigenvalue weighted by molar-refractivity contribution is 6.22. The first-order valence-corrected chi connectivity index (χ1v) is 9.85. The van der Waals surface area contributed by atoms with Gasteiger partial charge in [0.15, 0.2) is 5.58 Å². The summed E-state index contributed by atoms with van der Waals surface area (Å²) in [6.07, 6.45) is 1.14. The lowest BCUT2D eigenvalue weighted by molar-refractivity contribution is -0.123. The molecule has 148 valence electrons. The molecule has 2 aliphatic rings. The number of hydrogen-bond donors (Lipinski definition) is 1. The Balaban J connectivity index is 1.36. The van der Waals surface area contributed by atoms with Gasteiger partial charge in [-0.05, 0) is 49.2 Å². The molecule has 0 spiro atoms. The second kappa shape index (κ2) is 7.09. The Morgan fingerprint density at radius 3 is 2.45 bits per heavy atom. The largest absolute Gasteiger partial charge is 0.436 e. The maximum Gasteiger partial charge on any atom is 0.251 e. The average Bonchev–Trinajstić information content (AvgIpc) is 3.29. The van der Waals surface area contributed by atoms with Gasteiger partial charge in [-0.3, -0.25) is 14.5 Å². The van der Waals surface area contributed by atoms with Crippen LogP contribution in [0.2, 0.25) is 0 Å². The zero-order chi connectivity index (χ0) is 20.0. The maximum atomic E-state index is 12.9. The van der Waals surface area contributed by atoms with Crippen LogP contribution in [0.5, 0.6) is 0 Å². The highest BCUT2D eigenvalue weighted by atomic mass is 16.3. The van der Waals surface area contributed by atoms with E-state index in [9.17, 15) is 14.7 Å². The molecule has 1 aromatic heterocycles. The molecule has 0 aliphatic carbocycles. The molecule has 29 heavy (non-hydrogen) atoms. The summed E-state index contributed by atoms with van der Waals surface area (Å²) in [5.41, 5.74) is 2.84. The summed E-state index contributed by atoms with van der Waals surface area (Å²) in [4.78, 5) is 33.3. The number of anilines is 1. The summed E-state index contributed by atoms with van der Waals surface area (Å²) in [6, 6.07) is 14.2. The van der Waals surface area contributed by atoms with Crippen LogP contribution in [0.4, 0.5) is 5.69 Å². The van der Waals surface area contributed by atoms with Crippen LogP contribution in [0.25, 0.3) is 22.6 Å². The second-order valence-corrected chi connectivity index (χ2v) is 7.59. The molecule has 3 heterocycles. The Morgan fingerprint density at radius 2 is 1.72 bits per heavy atom. The molecule has 7 heteroatoms. The van der Waals surface area contributed by atoms with Gasteiger partial charge >= 0.3 is 0 Å². The topological polar surface area (TPSA) is 86.9 Å². The molecule has 0 radical (unpaired) electrons. The van der Waals surface area contributed by atoms with Crippen LogP contribution in [0.3, 0.4) is 0 Å². The number of aliphatic hydroxyl groups excluding tert-OH is 1. The van der Waals surface area contributed by atoms with Gasteiger partial charge in [0.25, 0.3) is 5.91 Å². The summed E-state index contributed by atoms with van der Waals surface area (Å²) < 4.78 is 5.78. The van der Waals surface area contributed by atoms with Crippen LogP contribution in [-0.4, -0.2) is 52.0 Å². The molecule has 1 N–H and O–H groups in total. The van der Waals surface area contributed by atoms with Crippen LogP contribution in [0, 0.1) is 0 Å². The van der Waals surface area contributed by atoms with Crippen molar-refractivity contribution in [3.05, 3.63) is 48.5 Å². The van der Waals surface area contributed by atoms with Crippen molar-refractivity contribution in [1.29, 1.82) is 0 Å². The van der Waals surface area contributed by atoms with Gasteiger partial charge in [0.05, 0.1) is 24.3 Å². The van der Waals surface area contributed by atoms with E-state index >= 15 is 0 Å². The quantitative estimate of drug-likeness (QED) is 0.691. The number of oxazole rings is 1. The first kappa shape index (κ1) is 18.0. The van der Waals surface area contributed by atoms with Crippen molar-refractivity contribution in [3.63, 3.8) is 0 Å². The minimum atomic E-state index is -0.438. The van der Waals surface area contributed by atoms with E-state index < -0.39 is 6.04 Å². The van der Waals surface area contributed by atoms with E-state index in [1.807, 2.05) is 41.3 Å². The predicted octanol–water partition coefficient (Wildman–Crippen LogP) is 2.58. The summed E-state index contributed by atoms with van der Waals surface area (Å²) in [7, 11) is 0. The number of aliphatic hydroxyl groups is 1. The number of benzene rings is 2. The number of carbonyl (C=O) groups is 2. The van der Waals surface area contributed by atoms with Crippen molar-refractivity contribution in [2.75, 3.05) is 18.0 Å². The van der Waals surface area contributed by atoms with Crippen molar-refractivity contribution < 1.29 is 19.1 Å². The number of imide groups is 1. The van der Waals surface area contributed by atoms with Crippen LogP contribution in [0.1, 0.15) is 19.3 Å². The average molecular weight is 391 g/mol. The molecule has 0 unspecified atom stereocenters. The highest BCUT2D eigenvalue weighted by Crippen LogP contribution is 2.30. The first-order chi connectivity index (χ1) is 14.1. The van der Waals surface area contributed by atoms with Crippen molar-refractivity contribution in [3.8, 4) is 11.5 Å². The zero-order valence-corrected chi connectivity index (χ0v) is 15.8. The molecule has 2 amide bonds. The number of hydrogen-bond acceptors (Lipinski definition) is 6. The van der Waals surface area contributed by atoms with Gasteiger partial charge < -0.3 is 9.52 Å². The Morgan fingerprint density at radius 1 is 1.00 bits per heavy atom. The van der Waals surface area contributed by atoms with Crippen LogP contribution < -0.4 is 4.90 Å². The summed E-state index contributed by atoms with van der Waals surface area (Å²) >= 11 is 0. The second-order valence-electron chi connectivity index (χ2n) is 7.59. The van der Waals surface area contributed by atoms with Gasteiger partial charge in [0.1, 0.15) is 5.52 Å². The van der Waals surface area contributed by atoms with E-state index in [4.69, 9.17) is 4.42 Å². The predicted molar refractivity (Wildman–Crippen MR) is 107 cm³/mol. The Hall–Kier alpha value is -3.03. The Bertz CT molecular complexity index is 1030. The lowest BCUT2D eigenvalue weighted by Crippen LogP contribution is -2.46. The number of nitrogens with zero attached hydrogens (tertiary/aromatic N) is 3. The summed E-state index contributed by atoms with van der Waals surface area (Å²) in [6.45, 7) is 1.27. The van der Waals surface area contributed by atoms with E-state index in [0.29, 0.717) is 43.1 Å². The molecule has 7 nitrogen and oxygen atoms in total. The van der Waals surface area contributed by atoms with Crippen molar-refractivity contribution >= 4 is 28.6 Å². The van der Waals surface area contributed by atoms with Gasteiger partial charge in [-0.1, -0.05) is 12.1 Å². The molecule has 2 fully saturated rings. The van der Waals surface area contributed by atoms with Crippen LogP contribution in [-0.2, 0) is 9.59 Å². The van der Waals surface area contributed by atoms with E-state index in [2.05, 4.69) is 4.98 Å². The van der Waals surface area contributed by atoms with E-state index in [0.717, 1.165) is 11.1 Å². The highest BCUT2D eigenvalue weighted by Gasteiger charge is 2.43. The minimum absolute atomic E-state index is 0.182. The van der Waals surface area contributed by atoms with Crippen LogP contribution >= 0.6 is 0 Å². The van der Waals surface area contributed by atoms with Gasteiger partial charge in [-0.15, -0.1) is 0 Å². The lowest BCUT2D eigenvalue weighted by atomic mass is 10.1. The smallest absolute Gasteiger partial charge is 0.251 e. The minimum Gasteiger partial charge on any atom is -0.436 e. The van der Waals surface area contributed by atoms with E-state index in [-0.39, 0.29) is 24.3 Å². The molecular weight excluding hydrogens is 370 g/mol. The third-order valence-corrected chi connectivity index (χ3v) is 5.73. The Kier molecular flexibility index (Phi) is 4.41. The van der Waals surface area contributed by atoms with Crippen molar-refractivity contribution in [1.82, 2.24) is 9.88 Å². The van der Waals surface area contributed by atoms with Crippen molar-refractivity contribution in [2.45, 2.75) is 31.4 Å². The summed E-state index contributed by atoms with van der Waals surface area (Å²) in [5, 5.41) is 9.68. The van der Waals surface area contributed by atoms with Gasteiger partial charge in [0, 0.05) is 18.7 Å². The molecule has 2 saturated heterocycles. The number of rotatable bonds is 3. The number of fused-ring (bicyclic) bond motifs is 1. The SMILES string of the molecule is O=C1C[C@H](N2CCC(O)CC2)C(=O)N1c1ccc(-c2nc3ccccc3o2)cc1. The molecular formula is C22H21N3O4. The van der Waals surface area contributed by atoms with Gasteiger partial charge in [-0.2, -0.15) is 0 Å². The molecule has 3 aromatic rings. The number of carbonyl (C=O) groups excluding carboxylic acids is 2. The molecule has 0 bridgehead atoms. The van der Waals surface area contributed by atoms with E-state index in [1.54, 1.807) is 12.1 Å². The number of likely N-dealkylation sites (tertiary alicyclic amines) is 1. The molecule has 5 rings (SSSR count). The number of para-hydroxylation sites is 2. The number of amides is 2. The van der Waals surface area contributed by atoms with Crippen molar-refractivity contribution in [2.24, 2.45) is 0 Å². The zero-order valence-electron chi connectivity index (χ0n) is 15.8. The van der Waals surface area contributed by atoms with Crippen LogP contribution in [0.15, 0.2) is 52.9 Å². The molecule has 0 saturated carbocycles. The summed E-state index contributed by atoms with van der Waals surface area (Å²) in [5.74, 6) is 0.114. The lowest BCUT2D eigenvalue weighted by Gasteiger charge is -2.32. The third kappa shape index (κ3) is 3.22. The fourth-order valence-corrected chi connectivity index (χ4v) is 4.12. The van der Waals surface area contributed by atoms with Gasteiger partial charge in [-0.25, -0.2) is 9.88 Å². The normalized spacial score (nSPS) is 21.4. The molecule has 2 aromatic carbocycles. The number of aromatic nitrogens is 1. The van der Waals surface area contributed by atoms with Gasteiger partial charge in [0.2, 0.25) is 11.8 Å². The standard InChI is InChI=1S/C22H21N3O4/c26-16-9-11-24(12-10-16)18-13-20(27)25(22(18)28)15-7-5-14(6-8-15)21-23-17-3-1-2-4-19(17)29-21/h1-8,16,18,26H,9-13H2/t18-/m0/s1. The maximum absolute atomic E-state index is 12.9. The number of piperidine rings is 1. The third-order valence-electron chi connectivity index (χ3n) is 5.73. The first-order valence-electron chi connectivity index (χ1n) is 9.85. The molecule has 1 atom stereocenters. The fourth-order valence-electron chi connectivity index (χ4n) is 4.12. The Labute approximate surface area is 167 Å². The fraction of sp³-hybridized carbons (Fsp3) is 0.318.